The third-order valence-electron chi connectivity index (χ3n) is 2.47. The molecule has 19 heavy (non-hydrogen) atoms. The number of nitrogens with one attached hydrogen (secondary N) is 1. The number of hydrogen-bond acceptors (Lipinski definition) is 4. The summed E-state index contributed by atoms with van der Waals surface area (Å²) in [7, 11) is 0. The predicted molar refractivity (Wildman–Crippen MR) is 76.1 cm³/mol. The van der Waals surface area contributed by atoms with Gasteiger partial charge in [0.2, 0.25) is 0 Å². The lowest BCUT2D eigenvalue weighted by atomic mass is 10.2. The molecule has 2 aromatic rings. The van der Waals surface area contributed by atoms with Gasteiger partial charge in [0.25, 0.3) is 0 Å². The summed E-state index contributed by atoms with van der Waals surface area (Å²) in [6.07, 6.45) is 3.43. The highest BCUT2D eigenvalue weighted by Crippen LogP contribution is 2.12. The first-order valence-corrected chi connectivity index (χ1v) is 6.52. The molecule has 5 heteroatoms. The third-order valence-corrected chi connectivity index (χ3v) is 2.71. The monoisotopic (exact) mass is 277 g/mol. The van der Waals surface area contributed by atoms with Gasteiger partial charge in [-0.1, -0.05) is 23.7 Å². The zero-order valence-corrected chi connectivity index (χ0v) is 11.5. The van der Waals surface area contributed by atoms with E-state index < -0.39 is 0 Å². The zero-order chi connectivity index (χ0) is 13.5. The van der Waals surface area contributed by atoms with Crippen molar-refractivity contribution in [2.45, 2.75) is 20.1 Å². The molecule has 0 saturated carbocycles. The topological polar surface area (TPSA) is 47.0 Å². The molecule has 0 aliphatic rings. The van der Waals surface area contributed by atoms with Gasteiger partial charge >= 0.3 is 0 Å². The summed E-state index contributed by atoms with van der Waals surface area (Å²) in [6, 6.07) is 7.62. The first-order valence-electron chi connectivity index (χ1n) is 6.15. The Bertz CT molecular complexity index is 516. The molecule has 4 nitrogen and oxygen atoms in total. The molecule has 2 rings (SSSR count). The molecule has 0 atom stereocenters. The maximum Gasteiger partial charge on any atom is 0.144 e. The lowest BCUT2D eigenvalue weighted by molar-refractivity contribution is 0.104. The van der Waals surface area contributed by atoms with Crippen LogP contribution in [0.4, 0.5) is 5.82 Å². The molecule has 0 aliphatic heterocycles. The minimum absolute atomic E-state index is 0.436. The molecule has 0 fully saturated rings. The quantitative estimate of drug-likeness (QED) is 0.880. The van der Waals surface area contributed by atoms with E-state index in [0.717, 1.165) is 28.6 Å². The highest BCUT2D eigenvalue weighted by atomic mass is 35.5. The van der Waals surface area contributed by atoms with Gasteiger partial charge in [-0.2, -0.15) is 0 Å². The van der Waals surface area contributed by atoms with E-state index in [-0.39, 0.29) is 0 Å². The van der Waals surface area contributed by atoms with Crippen molar-refractivity contribution in [1.82, 2.24) is 9.97 Å². The van der Waals surface area contributed by atoms with Crippen molar-refractivity contribution in [1.29, 1.82) is 0 Å². The Hall–Kier alpha value is -1.65. The minimum atomic E-state index is 0.436. The molecule has 0 amide bonds. The normalized spacial score (nSPS) is 10.4. The molecule has 0 saturated heterocycles. The highest BCUT2D eigenvalue weighted by molar-refractivity contribution is 6.30. The van der Waals surface area contributed by atoms with Crippen LogP contribution in [0.15, 0.2) is 36.7 Å². The molecule has 100 valence electrons. The maximum absolute atomic E-state index is 5.90. The van der Waals surface area contributed by atoms with Gasteiger partial charge in [-0.15, -0.1) is 0 Å². The molecule has 1 aromatic carbocycles. The van der Waals surface area contributed by atoms with Crippen LogP contribution in [0, 0.1) is 0 Å². The molecule has 0 unspecified atom stereocenters. The van der Waals surface area contributed by atoms with E-state index in [1.807, 2.05) is 31.2 Å². The fourth-order valence-electron chi connectivity index (χ4n) is 1.60. The fraction of sp³-hybridized carbons (Fsp3) is 0.286. The molecule has 0 spiro atoms. The lowest BCUT2D eigenvalue weighted by Crippen LogP contribution is -2.02. The standard InChI is InChI=1S/C14H16ClN3O/c1-2-16-14-8-17-13(7-18-14)10-19-9-11-4-3-5-12(15)6-11/h3-8H,2,9-10H2,1H3,(H,16,18). The van der Waals surface area contributed by atoms with Crippen molar-refractivity contribution < 1.29 is 4.74 Å². The van der Waals surface area contributed by atoms with Crippen LogP contribution in [0.3, 0.4) is 0 Å². The highest BCUT2D eigenvalue weighted by Gasteiger charge is 1.99. The van der Waals surface area contributed by atoms with Crippen molar-refractivity contribution >= 4 is 17.4 Å². The van der Waals surface area contributed by atoms with E-state index in [9.17, 15) is 0 Å². The SMILES string of the molecule is CCNc1cnc(COCc2cccc(Cl)c2)cn1. The molecule has 1 heterocycles. The Morgan fingerprint density at radius 3 is 2.79 bits per heavy atom. The lowest BCUT2D eigenvalue weighted by Gasteiger charge is -2.05. The minimum Gasteiger partial charge on any atom is -0.370 e. The first-order chi connectivity index (χ1) is 9.28. The van der Waals surface area contributed by atoms with Crippen LogP contribution in [0.2, 0.25) is 5.02 Å². The van der Waals surface area contributed by atoms with Crippen LogP contribution in [0.5, 0.6) is 0 Å². The van der Waals surface area contributed by atoms with Crippen molar-refractivity contribution in [2.24, 2.45) is 0 Å². The summed E-state index contributed by atoms with van der Waals surface area (Å²) in [5.74, 6) is 0.779. The third kappa shape index (κ3) is 4.50. The number of benzene rings is 1. The van der Waals surface area contributed by atoms with Gasteiger partial charge in [0.15, 0.2) is 0 Å². The van der Waals surface area contributed by atoms with E-state index in [1.165, 1.54) is 0 Å². The number of halogens is 1. The van der Waals surface area contributed by atoms with E-state index in [4.69, 9.17) is 16.3 Å². The summed E-state index contributed by atoms with van der Waals surface area (Å²) >= 11 is 5.90. The zero-order valence-electron chi connectivity index (χ0n) is 10.8. The van der Waals surface area contributed by atoms with Crippen LogP contribution < -0.4 is 5.32 Å². The molecule has 0 radical (unpaired) electrons. The molecule has 1 N–H and O–H groups in total. The van der Waals surface area contributed by atoms with Gasteiger partial charge in [-0.3, -0.25) is 4.98 Å². The Kier molecular flexibility index (Phi) is 5.12. The van der Waals surface area contributed by atoms with Gasteiger partial charge in [0, 0.05) is 11.6 Å². The molecular formula is C14H16ClN3O. The van der Waals surface area contributed by atoms with Crippen LogP contribution >= 0.6 is 11.6 Å². The number of hydrogen-bond donors (Lipinski definition) is 1. The van der Waals surface area contributed by atoms with Gasteiger partial charge in [0.05, 0.1) is 31.3 Å². The van der Waals surface area contributed by atoms with Crippen LogP contribution in [-0.4, -0.2) is 16.5 Å². The molecule has 1 aromatic heterocycles. The second kappa shape index (κ2) is 7.07. The second-order valence-electron chi connectivity index (χ2n) is 4.05. The summed E-state index contributed by atoms with van der Waals surface area (Å²) in [4.78, 5) is 8.50. The molecule has 0 aliphatic carbocycles. The largest absolute Gasteiger partial charge is 0.370 e. The smallest absolute Gasteiger partial charge is 0.144 e. The predicted octanol–water partition coefficient (Wildman–Crippen LogP) is 3.28. The van der Waals surface area contributed by atoms with Crippen molar-refractivity contribution in [2.75, 3.05) is 11.9 Å². The maximum atomic E-state index is 5.90. The Labute approximate surface area is 117 Å². The molecule has 0 bridgehead atoms. The van der Waals surface area contributed by atoms with E-state index >= 15 is 0 Å². The number of rotatable bonds is 6. The van der Waals surface area contributed by atoms with Gasteiger partial charge in [-0.25, -0.2) is 4.98 Å². The van der Waals surface area contributed by atoms with Crippen molar-refractivity contribution in [3.05, 3.63) is 52.9 Å². The fourth-order valence-corrected chi connectivity index (χ4v) is 1.81. The van der Waals surface area contributed by atoms with Gasteiger partial charge < -0.3 is 10.1 Å². The van der Waals surface area contributed by atoms with Crippen molar-refractivity contribution in [3.63, 3.8) is 0 Å². The van der Waals surface area contributed by atoms with Gasteiger partial charge in [-0.05, 0) is 24.6 Å². The summed E-state index contributed by atoms with van der Waals surface area (Å²) in [5, 5.41) is 3.81. The van der Waals surface area contributed by atoms with Crippen molar-refractivity contribution in [3.8, 4) is 0 Å². The summed E-state index contributed by atoms with van der Waals surface area (Å²) in [5.41, 5.74) is 1.86. The second-order valence-corrected chi connectivity index (χ2v) is 4.48. The number of anilines is 1. The summed E-state index contributed by atoms with van der Waals surface area (Å²) < 4.78 is 5.58. The molecular weight excluding hydrogens is 262 g/mol. The van der Waals surface area contributed by atoms with E-state index in [2.05, 4.69) is 15.3 Å². The number of ether oxygens (including phenoxy) is 1. The van der Waals surface area contributed by atoms with Crippen LogP contribution in [-0.2, 0) is 18.0 Å². The van der Waals surface area contributed by atoms with Gasteiger partial charge in [0.1, 0.15) is 5.82 Å². The Morgan fingerprint density at radius 2 is 2.11 bits per heavy atom. The number of nitrogens with zero attached hydrogens (tertiary/aromatic N) is 2. The van der Waals surface area contributed by atoms with Crippen LogP contribution in [0.25, 0.3) is 0 Å². The average molecular weight is 278 g/mol. The Morgan fingerprint density at radius 1 is 1.21 bits per heavy atom. The summed E-state index contributed by atoms with van der Waals surface area (Å²) in [6.45, 7) is 3.80. The first kappa shape index (κ1) is 13.8. The Balaban J connectivity index is 1.82. The van der Waals surface area contributed by atoms with E-state index in [1.54, 1.807) is 12.4 Å². The van der Waals surface area contributed by atoms with Crippen LogP contribution in [0.1, 0.15) is 18.2 Å². The van der Waals surface area contributed by atoms with E-state index in [0.29, 0.717) is 13.2 Å². The average Bonchev–Trinajstić information content (AvgIpc) is 2.41. The number of aromatic nitrogens is 2.